The van der Waals surface area contributed by atoms with E-state index in [-0.39, 0.29) is 11.3 Å². The quantitative estimate of drug-likeness (QED) is 0.811. The molecule has 0 bridgehead atoms. The number of aromatic nitrogens is 1. The Balaban J connectivity index is 1.58. The standard InChI is InChI=1S/C19H29N3O3/c1-21(2)13-18(23)22-10-6-19(7-11-22)8-12-24-14-16(19)15-25-17-5-3-4-9-20-17/h3-5,9,16H,6-8,10-15H2,1-2H3/t16-/m1/s1. The lowest BCUT2D eigenvalue weighted by atomic mass is 9.66. The Morgan fingerprint density at radius 2 is 2.16 bits per heavy atom. The zero-order valence-electron chi connectivity index (χ0n) is 15.3. The second kappa shape index (κ2) is 8.15. The number of carbonyl (C=O) groups excluding carboxylic acids is 1. The van der Waals surface area contributed by atoms with Gasteiger partial charge in [-0.3, -0.25) is 4.79 Å². The Labute approximate surface area is 150 Å². The maximum absolute atomic E-state index is 12.3. The molecule has 6 nitrogen and oxygen atoms in total. The van der Waals surface area contributed by atoms with Crippen molar-refractivity contribution >= 4 is 5.91 Å². The van der Waals surface area contributed by atoms with Crippen molar-refractivity contribution in [1.29, 1.82) is 0 Å². The number of pyridine rings is 1. The zero-order chi connectivity index (χ0) is 17.7. The number of carbonyl (C=O) groups is 1. The number of amides is 1. The number of likely N-dealkylation sites (N-methyl/N-ethyl adjacent to an activating group) is 1. The van der Waals surface area contributed by atoms with Gasteiger partial charge in [-0.05, 0) is 44.8 Å². The number of likely N-dealkylation sites (tertiary alicyclic amines) is 1. The molecule has 0 radical (unpaired) electrons. The van der Waals surface area contributed by atoms with Gasteiger partial charge in [0.25, 0.3) is 0 Å². The van der Waals surface area contributed by atoms with Crippen molar-refractivity contribution < 1.29 is 14.3 Å². The number of nitrogens with zero attached hydrogens (tertiary/aromatic N) is 3. The number of hydrogen-bond donors (Lipinski definition) is 0. The van der Waals surface area contributed by atoms with E-state index in [0.717, 1.165) is 45.6 Å². The van der Waals surface area contributed by atoms with Gasteiger partial charge in [-0.15, -0.1) is 0 Å². The molecule has 138 valence electrons. The third-order valence-corrected chi connectivity index (χ3v) is 5.56. The van der Waals surface area contributed by atoms with Crippen LogP contribution < -0.4 is 4.74 Å². The van der Waals surface area contributed by atoms with Crippen LogP contribution in [0.3, 0.4) is 0 Å². The van der Waals surface area contributed by atoms with Crippen LogP contribution in [-0.4, -0.2) is 74.2 Å². The van der Waals surface area contributed by atoms with E-state index in [1.165, 1.54) is 0 Å². The van der Waals surface area contributed by atoms with Gasteiger partial charge in [-0.25, -0.2) is 4.98 Å². The van der Waals surface area contributed by atoms with E-state index in [0.29, 0.717) is 24.9 Å². The predicted molar refractivity (Wildman–Crippen MR) is 95.5 cm³/mol. The topological polar surface area (TPSA) is 54.9 Å². The molecule has 0 unspecified atom stereocenters. The van der Waals surface area contributed by atoms with Crippen LogP contribution in [0.15, 0.2) is 24.4 Å². The summed E-state index contributed by atoms with van der Waals surface area (Å²) in [6, 6.07) is 5.71. The Bertz CT molecular complexity index is 556. The van der Waals surface area contributed by atoms with Crippen LogP contribution in [0.5, 0.6) is 5.88 Å². The van der Waals surface area contributed by atoms with Gasteiger partial charge < -0.3 is 19.3 Å². The highest BCUT2D eigenvalue weighted by atomic mass is 16.5. The molecule has 25 heavy (non-hydrogen) atoms. The lowest BCUT2D eigenvalue weighted by molar-refractivity contribution is -0.138. The second-order valence-electron chi connectivity index (χ2n) is 7.48. The smallest absolute Gasteiger partial charge is 0.236 e. The number of piperidine rings is 1. The van der Waals surface area contributed by atoms with E-state index in [4.69, 9.17) is 9.47 Å². The van der Waals surface area contributed by atoms with E-state index in [1.54, 1.807) is 6.20 Å². The summed E-state index contributed by atoms with van der Waals surface area (Å²) in [5, 5.41) is 0. The lowest BCUT2D eigenvalue weighted by Crippen LogP contribution is -2.52. The van der Waals surface area contributed by atoms with Crippen molar-refractivity contribution in [3.05, 3.63) is 24.4 Å². The fourth-order valence-corrected chi connectivity index (χ4v) is 3.96. The largest absolute Gasteiger partial charge is 0.477 e. The van der Waals surface area contributed by atoms with Gasteiger partial charge in [0.05, 0.1) is 19.8 Å². The third kappa shape index (κ3) is 4.50. The number of ether oxygens (including phenoxy) is 2. The van der Waals surface area contributed by atoms with Gasteiger partial charge in [0.15, 0.2) is 0 Å². The maximum atomic E-state index is 12.3. The fraction of sp³-hybridized carbons (Fsp3) is 0.684. The van der Waals surface area contributed by atoms with Crippen LogP contribution in [0, 0.1) is 11.3 Å². The molecule has 0 aromatic carbocycles. The van der Waals surface area contributed by atoms with Gasteiger partial charge in [0.1, 0.15) is 0 Å². The summed E-state index contributed by atoms with van der Waals surface area (Å²) in [6.07, 6.45) is 4.87. The second-order valence-corrected chi connectivity index (χ2v) is 7.48. The molecule has 2 fully saturated rings. The summed E-state index contributed by atoms with van der Waals surface area (Å²) in [6.45, 7) is 4.34. The molecular weight excluding hydrogens is 318 g/mol. The Kier molecular flexibility index (Phi) is 5.91. The van der Waals surface area contributed by atoms with Crippen molar-refractivity contribution in [1.82, 2.24) is 14.8 Å². The molecule has 2 saturated heterocycles. The SMILES string of the molecule is CN(C)CC(=O)N1CCC2(CCOC[C@@H]2COc2ccccn2)CC1. The molecule has 0 saturated carbocycles. The minimum absolute atomic E-state index is 0.224. The van der Waals surface area contributed by atoms with Gasteiger partial charge in [0.2, 0.25) is 11.8 Å². The van der Waals surface area contributed by atoms with Crippen molar-refractivity contribution in [2.45, 2.75) is 19.3 Å². The van der Waals surface area contributed by atoms with Gasteiger partial charge in [-0.1, -0.05) is 6.07 Å². The Morgan fingerprint density at radius 3 is 2.84 bits per heavy atom. The number of rotatable bonds is 5. The average Bonchev–Trinajstić information content (AvgIpc) is 2.62. The highest BCUT2D eigenvalue weighted by molar-refractivity contribution is 5.78. The van der Waals surface area contributed by atoms with E-state index in [9.17, 15) is 4.79 Å². The summed E-state index contributed by atoms with van der Waals surface area (Å²) in [7, 11) is 3.87. The van der Waals surface area contributed by atoms with Crippen molar-refractivity contribution in [2.24, 2.45) is 11.3 Å². The minimum atomic E-state index is 0.224. The van der Waals surface area contributed by atoms with Gasteiger partial charge in [-0.2, -0.15) is 0 Å². The van der Waals surface area contributed by atoms with Crippen molar-refractivity contribution in [2.75, 3.05) is 53.6 Å². The molecule has 0 N–H and O–H groups in total. The third-order valence-electron chi connectivity index (χ3n) is 5.56. The van der Waals surface area contributed by atoms with Crippen LogP contribution in [0.25, 0.3) is 0 Å². The van der Waals surface area contributed by atoms with Crippen LogP contribution in [0.4, 0.5) is 0 Å². The molecule has 3 rings (SSSR count). The maximum Gasteiger partial charge on any atom is 0.236 e. The van der Waals surface area contributed by atoms with Crippen molar-refractivity contribution in [3.63, 3.8) is 0 Å². The molecule has 1 atom stereocenters. The summed E-state index contributed by atoms with van der Waals surface area (Å²) >= 11 is 0. The van der Waals surface area contributed by atoms with E-state index >= 15 is 0 Å². The molecule has 6 heteroatoms. The normalized spacial score (nSPS) is 23.0. The predicted octanol–water partition coefficient (Wildman–Crippen LogP) is 1.67. The average molecular weight is 347 g/mol. The van der Waals surface area contributed by atoms with Crippen LogP contribution in [0.1, 0.15) is 19.3 Å². The summed E-state index contributed by atoms with van der Waals surface area (Å²) in [5.41, 5.74) is 0.224. The lowest BCUT2D eigenvalue weighted by Gasteiger charge is -2.48. The monoisotopic (exact) mass is 347 g/mol. The molecule has 1 amide bonds. The molecule has 1 aromatic heterocycles. The summed E-state index contributed by atoms with van der Waals surface area (Å²) < 4.78 is 11.7. The van der Waals surface area contributed by atoms with E-state index in [1.807, 2.05) is 42.1 Å². The first-order valence-electron chi connectivity index (χ1n) is 9.13. The van der Waals surface area contributed by atoms with Crippen LogP contribution in [0.2, 0.25) is 0 Å². The van der Waals surface area contributed by atoms with E-state index < -0.39 is 0 Å². The first-order chi connectivity index (χ1) is 12.1. The molecule has 2 aliphatic heterocycles. The summed E-state index contributed by atoms with van der Waals surface area (Å²) in [4.78, 5) is 20.5. The molecule has 1 aromatic rings. The Morgan fingerprint density at radius 1 is 1.36 bits per heavy atom. The Hall–Kier alpha value is -1.66. The highest BCUT2D eigenvalue weighted by Crippen LogP contribution is 2.44. The first kappa shape index (κ1) is 18.1. The van der Waals surface area contributed by atoms with Gasteiger partial charge >= 0.3 is 0 Å². The molecule has 2 aliphatic rings. The zero-order valence-corrected chi connectivity index (χ0v) is 15.3. The first-order valence-corrected chi connectivity index (χ1v) is 9.13. The molecule has 3 heterocycles. The highest BCUT2D eigenvalue weighted by Gasteiger charge is 2.44. The van der Waals surface area contributed by atoms with Crippen LogP contribution >= 0.6 is 0 Å². The number of hydrogen-bond acceptors (Lipinski definition) is 5. The summed E-state index contributed by atoms with van der Waals surface area (Å²) in [5.74, 6) is 1.25. The van der Waals surface area contributed by atoms with E-state index in [2.05, 4.69) is 4.98 Å². The van der Waals surface area contributed by atoms with Crippen molar-refractivity contribution in [3.8, 4) is 5.88 Å². The van der Waals surface area contributed by atoms with Gasteiger partial charge in [0, 0.05) is 37.9 Å². The molecule has 1 spiro atoms. The fourth-order valence-electron chi connectivity index (χ4n) is 3.96. The molecular formula is C19H29N3O3. The molecule has 0 aliphatic carbocycles. The minimum Gasteiger partial charge on any atom is -0.477 e. The van der Waals surface area contributed by atoms with Crippen LogP contribution in [-0.2, 0) is 9.53 Å².